The van der Waals surface area contributed by atoms with Gasteiger partial charge in [-0.15, -0.1) is 0 Å². The number of hydrogen-bond acceptors (Lipinski definition) is 4. The summed E-state index contributed by atoms with van der Waals surface area (Å²) in [7, 11) is 1.35. The second-order valence-corrected chi connectivity index (χ2v) is 4.51. The van der Waals surface area contributed by atoms with Crippen molar-refractivity contribution in [2.45, 2.75) is 44.3 Å². The van der Waals surface area contributed by atoms with E-state index in [2.05, 4.69) is 10.1 Å². The molecule has 1 aliphatic carbocycles. The highest BCUT2D eigenvalue weighted by Crippen LogP contribution is 2.23. The van der Waals surface area contributed by atoms with E-state index in [1.807, 2.05) is 0 Å². The molecule has 2 unspecified atom stereocenters. The van der Waals surface area contributed by atoms with Crippen molar-refractivity contribution in [3.8, 4) is 0 Å². The van der Waals surface area contributed by atoms with Gasteiger partial charge in [0.05, 0.1) is 13.2 Å². The largest absolute Gasteiger partial charge is 0.467 e. The summed E-state index contributed by atoms with van der Waals surface area (Å²) in [5.41, 5.74) is 0. The van der Waals surface area contributed by atoms with Crippen molar-refractivity contribution in [2.75, 3.05) is 13.7 Å². The molecule has 5 heteroatoms. The van der Waals surface area contributed by atoms with E-state index < -0.39 is 6.04 Å². The number of amides is 1. The van der Waals surface area contributed by atoms with Crippen LogP contribution in [0.5, 0.6) is 0 Å². The van der Waals surface area contributed by atoms with Gasteiger partial charge in [-0.25, -0.2) is 4.79 Å². The third-order valence-electron chi connectivity index (χ3n) is 3.26. The summed E-state index contributed by atoms with van der Waals surface area (Å²) in [4.78, 5) is 24.9. The van der Waals surface area contributed by atoms with Crippen LogP contribution < -0.4 is 5.32 Å². The topological polar surface area (TPSA) is 58.6 Å². The van der Waals surface area contributed by atoms with Crippen LogP contribution in [0.4, 0.5) is 0 Å². The molecule has 0 spiro atoms. The third-order valence-corrected chi connectivity index (χ3v) is 3.26. The van der Waals surface area contributed by atoms with Crippen molar-refractivity contribution in [3.05, 3.63) is 0 Å². The van der Waals surface area contributed by atoms with Gasteiger partial charge in [0.15, 0.2) is 0 Å². The zero-order valence-corrected chi connectivity index (χ0v) is 9.73. The summed E-state index contributed by atoms with van der Waals surface area (Å²) in [5, 5.41) is 3.30. The first kappa shape index (κ1) is 11.4. The summed E-state index contributed by atoms with van der Waals surface area (Å²) in [6, 6.07) is -0.0505. The van der Waals surface area contributed by atoms with E-state index in [0.29, 0.717) is 12.6 Å². The van der Waals surface area contributed by atoms with Crippen LogP contribution in [0.2, 0.25) is 0 Å². The molecule has 1 amide bonds. The van der Waals surface area contributed by atoms with Gasteiger partial charge in [0.2, 0.25) is 5.91 Å². The number of carbonyl (C=O) groups is 2. The lowest BCUT2D eigenvalue weighted by molar-refractivity contribution is -0.150. The predicted molar refractivity (Wildman–Crippen MR) is 57.8 cm³/mol. The average molecular weight is 226 g/mol. The normalized spacial score (nSPS) is 27.0. The molecule has 1 N–H and O–H groups in total. The Balaban J connectivity index is 1.92. The van der Waals surface area contributed by atoms with Crippen molar-refractivity contribution in [3.63, 3.8) is 0 Å². The molecule has 1 saturated heterocycles. The smallest absolute Gasteiger partial charge is 0.328 e. The Kier molecular flexibility index (Phi) is 3.14. The van der Waals surface area contributed by atoms with Crippen molar-refractivity contribution in [1.29, 1.82) is 0 Å². The first-order valence-corrected chi connectivity index (χ1v) is 5.78. The lowest BCUT2D eigenvalue weighted by atomic mass is 10.2. The fraction of sp³-hybridized carbons (Fsp3) is 0.818. The first-order chi connectivity index (χ1) is 7.63. The van der Waals surface area contributed by atoms with Gasteiger partial charge in [0, 0.05) is 12.6 Å². The van der Waals surface area contributed by atoms with Crippen LogP contribution in [0.15, 0.2) is 0 Å². The fourth-order valence-corrected chi connectivity index (χ4v) is 2.07. The summed E-state index contributed by atoms with van der Waals surface area (Å²) < 4.78 is 4.65. The Morgan fingerprint density at radius 1 is 1.50 bits per heavy atom. The van der Waals surface area contributed by atoms with Crippen LogP contribution in [-0.4, -0.2) is 48.6 Å². The minimum Gasteiger partial charge on any atom is -0.467 e. The molecular formula is C11H18N2O3. The molecule has 2 aliphatic rings. The van der Waals surface area contributed by atoms with Gasteiger partial charge in [-0.2, -0.15) is 0 Å². The van der Waals surface area contributed by atoms with Crippen molar-refractivity contribution >= 4 is 11.9 Å². The third kappa shape index (κ3) is 2.19. The predicted octanol–water partition coefficient (Wildman–Crippen LogP) is -0.0992. The molecule has 90 valence electrons. The van der Waals surface area contributed by atoms with E-state index in [4.69, 9.17) is 0 Å². The van der Waals surface area contributed by atoms with E-state index >= 15 is 0 Å². The molecule has 1 saturated carbocycles. The number of nitrogens with one attached hydrogen (secondary N) is 1. The van der Waals surface area contributed by atoms with E-state index in [-0.39, 0.29) is 17.9 Å². The maximum Gasteiger partial charge on any atom is 0.328 e. The molecule has 0 aromatic carbocycles. The molecule has 2 atom stereocenters. The van der Waals surface area contributed by atoms with Gasteiger partial charge in [0.1, 0.15) is 6.04 Å². The maximum absolute atomic E-state index is 12.0. The molecule has 2 rings (SSSR count). The molecule has 0 aromatic rings. The molecule has 2 fully saturated rings. The summed E-state index contributed by atoms with van der Waals surface area (Å²) in [6.45, 7) is 2.35. The fourth-order valence-electron chi connectivity index (χ4n) is 2.07. The lowest BCUT2D eigenvalue weighted by Crippen LogP contribution is -2.45. The zero-order chi connectivity index (χ0) is 11.7. The second-order valence-electron chi connectivity index (χ2n) is 4.51. The first-order valence-electron chi connectivity index (χ1n) is 5.78. The maximum atomic E-state index is 12.0. The van der Waals surface area contributed by atoms with Crippen LogP contribution in [-0.2, 0) is 14.3 Å². The Bertz CT molecular complexity index is 302. The summed E-state index contributed by atoms with van der Waals surface area (Å²) in [5.74, 6) is -0.315. The number of rotatable bonds is 4. The zero-order valence-electron chi connectivity index (χ0n) is 9.73. The van der Waals surface area contributed by atoms with Gasteiger partial charge in [-0.1, -0.05) is 0 Å². The van der Waals surface area contributed by atoms with E-state index in [0.717, 1.165) is 19.3 Å². The summed E-state index contributed by atoms with van der Waals surface area (Å²) >= 11 is 0. The number of esters is 1. The highest BCUT2D eigenvalue weighted by Gasteiger charge is 2.39. The molecule has 5 nitrogen and oxygen atoms in total. The van der Waals surface area contributed by atoms with Crippen molar-refractivity contribution in [2.24, 2.45) is 0 Å². The monoisotopic (exact) mass is 226 g/mol. The average Bonchev–Trinajstić information content (AvgIpc) is 3.03. The van der Waals surface area contributed by atoms with Crippen LogP contribution in [0.25, 0.3) is 0 Å². The van der Waals surface area contributed by atoms with Crippen molar-refractivity contribution in [1.82, 2.24) is 10.2 Å². The van der Waals surface area contributed by atoms with Crippen LogP contribution in [0.1, 0.15) is 26.2 Å². The van der Waals surface area contributed by atoms with Gasteiger partial charge in [-0.3, -0.25) is 4.79 Å². The van der Waals surface area contributed by atoms with Crippen molar-refractivity contribution < 1.29 is 14.3 Å². The Morgan fingerprint density at radius 3 is 2.75 bits per heavy atom. The van der Waals surface area contributed by atoms with E-state index in [1.165, 1.54) is 7.11 Å². The highest BCUT2D eigenvalue weighted by molar-refractivity contribution is 5.89. The number of ether oxygens (including phenoxy) is 1. The van der Waals surface area contributed by atoms with Gasteiger partial charge in [-0.05, 0) is 26.2 Å². The highest BCUT2D eigenvalue weighted by atomic mass is 16.5. The molecule has 16 heavy (non-hydrogen) atoms. The number of nitrogens with zero attached hydrogens (tertiary/aromatic N) is 1. The Morgan fingerprint density at radius 2 is 2.19 bits per heavy atom. The van der Waals surface area contributed by atoms with Gasteiger partial charge >= 0.3 is 5.97 Å². The molecule has 0 bridgehead atoms. The molecule has 0 aromatic heterocycles. The summed E-state index contributed by atoms with van der Waals surface area (Å²) in [6.07, 6.45) is 3.11. The van der Waals surface area contributed by atoms with Crippen LogP contribution in [0.3, 0.4) is 0 Å². The minimum absolute atomic E-state index is 0.0322. The quantitative estimate of drug-likeness (QED) is 0.680. The molecular weight excluding hydrogens is 208 g/mol. The van der Waals surface area contributed by atoms with E-state index in [1.54, 1.807) is 11.8 Å². The van der Waals surface area contributed by atoms with Gasteiger partial charge < -0.3 is 15.0 Å². The molecule has 1 aliphatic heterocycles. The molecule has 1 heterocycles. The van der Waals surface area contributed by atoms with Crippen LogP contribution in [0, 0.1) is 0 Å². The Hall–Kier alpha value is -1.10. The second kappa shape index (κ2) is 4.41. The molecule has 0 radical (unpaired) electrons. The van der Waals surface area contributed by atoms with E-state index in [9.17, 15) is 9.59 Å². The SMILES string of the molecule is COC(=O)C(C)N1CCC(NC2CC2)C1=O. The number of likely N-dealkylation sites (tertiary alicyclic amines) is 1. The van der Waals surface area contributed by atoms with Gasteiger partial charge in [0.25, 0.3) is 0 Å². The number of hydrogen-bond donors (Lipinski definition) is 1. The number of carbonyl (C=O) groups excluding carboxylic acids is 2. The lowest BCUT2D eigenvalue weighted by Gasteiger charge is -2.22. The number of methoxy groups -OCH3 is 1. The minimum atomic E-state index is -0.469. The Labute approximate surface area is 95.1 Å². The standard InChI is InChI=1S/C11H18N2O3/c1-7(11(15)16-2)13-6-5-9(10(13)14)12-8-3-4-8/h7-9,12H,3-6H2,1-2H3. The van der Waals surface area contributed by atoms with Crippen LogP contribution >= 0.6 is 0 Å².